The molecular formula is C62H81FN8O7. The predicted octanol–water partition coefficient (Wildman–Crippen LogP) is 7.48. The number of hydrogen-bond donors (Lipinski definition) is 5. The summed E-state index contributed by atoms with van der Waals surface area (Å²) in [6.45, 7) is 18.5. The maximum atomic E-state index is 15.7. The molecule has 418 valence electrons. The van der Waals surface area contributed by atoms with E-state index in [2.05, 4.69) is 32.7 Å². The first kappa shape index (κ1) is 58.7. The Labute approximate surface area is 460 Å². The Balaban J connectivity index is 1.15. The number of carbonyl (C=O) groups is 7. The number of likely N-dealkylation sites (N-methyl/N-ethyl adjacent to an activating group) is 1. The summed E-state index contributed by atoms with van der Waals surface area (Å²) in [6.07, 6.45) is 3.44. The van der Waals surface area contributed by atoms with Crippen LogP contribution in [0, 0.1) is 22.6 Å². The molecule has 78 heavy (non-hydrogen) atoms. The van der Waals surface area contributed by atoms with E-state index in [1.165, 1.54) is 16.5 Å². The van der Waals surface area contributed by atoms with Gasteiger partial charge in [-0.25, -0.2) is 4.39 Å². The molecule has 4 aromatic carbocycles. The van der Waals surface area contributed by atoms with Crippen molar-refractivity contribution in [1.29, 1.82) is 0 Å². The number of carbonyl (C=O) groups excluding carboxylic acids is 7. The topological polar surface area (TPSA) is 189 Å². The molecule has 4 aromatic rings. The third kappa shape index (κ3) is 13.5. The van der Waals surface area contributed by atoms with Crippen molar-refractivity contribution in [2.24, 2.45) is 16.7 Å². The van der Waals surface area contributed by atoms with E-state index in [1.54, 1.807) is 73.2 Å². The molecule has 15 nitrogen and oxygen atoms in total. The fraction of sp³-hybridized carbons (Fsp3) is 0.500. The lowest BCUT2D eigenvalue weighted by atomic mass is 9.83. The van der Waals surface area contributed by atoms with Crippen molar-refractivity contribution in [3.8, 4) is 0 Å². The molecule has 0 aromatic heterocycles. The zero-order chi connectivity index (χ0) is 56.8. The van der Waals surface area contributed by atoms with Crippen molar-refractivity contribution in [2.75, 3.05) is 13.6 Å². The van der Waals surface area contributed by atoms with Crippen molar-refractivity contribution < 1.29 is 38.0 Å². The molecular weight excluding hydrogens is 988 g/mol. The minimum atomic E-state index is -1.01. The first-order valence-electron chi connectivity index (χ1n) is 27.7. The second kappa shape index (κ2) is 24.8. The van der Waals surface area contributed by atoms with E-state index < -0.39 is 82.6 Å². The Bertz CT molecular complexity index is 2840. The van der Waals surface area contributed by atoms with Crippen molar-refractivity contribution in [1.82, 2.24) is 41.3 Å². The highest BCUT2D eigenvalue weighted by Gasteiger charge is 2.47. The normalized spacial score (nSPS) is 20.2. The molecule has 0 bridgehead atoms. The molecule has 7 amide bonds. The van der Waals surface area contributed by atoms with E-state index in [1.807, 2.05) is 97.9 Å². The predicted molar refractivity (Wildman–Crippen MR) is 299 cm³/mol. The third-order valence-corrected chi connectivity index (χ3v) is 16.1. The summed E-state index contributed by atoms with van der Waals surface area (Å²) < 4.78 is 15.7. The molecule has 9 atom stereocenters. The number of aryl methyl sites for hydroxylation is 1. The Morgan fingerprint density at radius 2 is 1.29 bits per heavy atom. The number of benzene rings is 4. The van der Waals surface area contributed by atoms with Crippen LogP contribution in [0.1, 0.15) is 151 Å². The maximum Gasteiger partial charge on any atom is 0.251 e. The average molecular weight is 1070 g/mol. The molecule has 7 rings (SSSR count). The van der Waals surface area contributed by atoms with Gasteiger partial charge in [0, 0.05) is 49.1 Å². The van der Waals surface area contributed by atoms with Gasteiger partial charge in [-0.15, -0.1) is 0 Å². The molecule has 16 heteroatoms. The van der Waals surface area contributed by atoms with Crippen LogP contribution in [0.4, 0.5) is 4.39 Å². The van der Waals surface area contributed by atoms with Crippen LogP contribution in [0.2, 0.25) is 0 Å². The van der Waals surface area contributed by atoms with Crippen LogP contribution in [0.3, 0.4) is 0 Å². The molecule has 3 aliphatic rings. The molecule has 5 N–H and O–H groups in total. The van der Waals surface area contributed by atoms with E-state index in [0.717, 1.165) is 36.0 Å². The lowest BCUT2D eigenvalue weighted by Crippen LogP contribution is -2.61. The number of nitrogens with one attached hydrogen (secondary N) is 5. The van der Waals surface area contributed by atoms with Gasteiger partial charge in [0.25, 0.3) is 5.91 Å². The first-order valence-corrected chi connectivity index (χ1v) is 27.7. The Morgan fingerprint density at radius 1 is 0.705 bits per heavy atom. The van der Waals surface area contributed by atoms with Crippen LogP contribution in [-0.2, 0) is 54.7 Å². The number of hydrogen-bond acceptors (Lipinski definition) is 8. The molecule has 0 radical (unpaired) electrons. The van der Waals surface area contributed by atoms with Crippen LogP contribution in [0.15, 0.2) is 97.1 Å². The lowest BCUT2D eigenvalue weighted by molar-refractivity contribution is -0.152. The Kier molecular flexibility index (Phi) is 18.7. The molecule has 0 spiro atoms. The second-order valence-electron chi connectivity index (χ2n) is 23.8. The smallest absolute Gasteiger partial charge is 0.251 e. The highest BCUT2D eigenvalue weighted by molar-refractivity contribution is 5.97. The number of halogens is 1. The summed E-state index contributed by atoms with van der Waals surface area (Å²) in [7, 11) is 1.66. The summed E-state index contributed by atoms with van der Waals surface area (Å²) >= 11 is 0. The zero-order valence-electron chi connectivity index (χ0n) is 47.4. The van der Waals surface area contributed by atoms with Gasteiger partial charge in [0.1, 0.15) is 30.0 Å². The first-order chi connectivity index (χ1) is 36.9. The van der Waals surface area contributed by atoms with Gasteiger partial charge in [-0.1, -0.05) is 134 Å². The molecule has 1 aliphatic carbocycles. The summed E-state index contributed by atoms with van der Waals surface area (Å²) in [5, 5.41) is 15.2. The van der Waals surface area contributed by atoms with Gasteiger partial charge in [0.05, 0.1) is 18.1 Å². The van der Waals surface area contributed by atoms with Crippen molar-refractivity contribution in [3.63, 3.8) is 0 Å². The third-order valence-electron chi connectivity index (χ3n) is 16.1. The van der Waals surface area contributed by atoms with E-state index in [-0.39, 0.29) is 73.3 Å². The molecule has 0 saturated carbocycles. The summed E-state index contributed by atoms with van der Waals surface area (Å²) in [5.74, 6) is -3.46. The quantitative estimate of drug-likeness (QED) is 0.0720. The highest BCUT2D eigenvalue weighted by atomic mass is 19.1. The summed E-state index contributed by atoms with van der Waals surface area (Å²) in [6, 6.07) is 22.5. The maximum absolute atomic E-state index is 15.7. The standard InChI is InChI=1S/C62H81FN8O7/c1-12-37(2)54(72)67-52(61(5,6)7)59(77)70-35-44-22-14-13-21-43(44)32-51(70)58(76)69(39(4)46-24-17-18-26-48(46)63)34-40-28-30-42(31-29-40)56(74)65-45-33-50(57(75)66-49-27-19-23-41-20-15-16-25-47(41)49)71(36-45)60(78)53(62(8,9)10)68-55(73)38(3)64-11/h13-18,20-22,24-26,28-31,37-39,45,49-53,64H,12,19,23,27,32-36H2,1-11H3,(H,65,74)(H,66,75)(H,67,72)(H,68,73)/t37-,38+,39?,45+,49-,50+,51+,52-,53-/m1/s1. The molecule has 1 fully saturated rings. The fourth-order valence-corrected chi connectivity index (χ4v) is 10.9. The number of nitrogens with zero attached hydrogens (tertiary/aromatic N) is 3. The van der Waals surface area contributed by atoms with Gasteiger partial charge in [0.2, 0.25) is 35.4 Å². The van der Waals surface area contributed by atoms with Crippen LogP contribution in [-0.4, -0.2) is 106 Å². The zero-order valence-corrected chi connectivity index (χ0v) is 47.4. The Hall–Kier alpha value is -6.94. The van der Waals surface area contributed by atoms with Crippen molar-refractivity contribution in [3.05, 3.63) is 142 Å². The largest absolute Gasteiger partial charge is 0.347 e. The van der Waals surface area contributed by atoms with E-state index >= 15 is 9.18 Å². The summed E-state index contributed by atoms with van der Waals surface area (Å²) in [4.78, 5) is 105. The van der Waals surface area contributed by atoms with E-state index in [9.17, 15) is 28.8 Å². The van der Waals surface area contributed by atoms with Gasteiger partial charge in [-0.2, -0.15) is 0 Å². The van der Waals surface area contributed by atoms with Gasteiger partial charge in [-0.05, 0) is 110 Å². The minimum Gasteiger partial charge on any atom is -0.347 e. The monoisotopic (exact) mass is 1070 g/mol. The molecule has 1 unspecified atom stereocenters. The minimum absolute atomic E-state index is 0.00953. The summed E-state index contributed by atoms with van der Waals surface area (Å²) in [5.41, 5.74) is 3.75. The van der Waals surface area contributed by atoms with Gasteiger partial charge in [-0.3, -0.25) is 33.6 Å². The van der Waals surface area contributed by atoms with Gasteiger partial charge in [0.15, 0.2) is 0 Å². The van der Waals surface area contributed by atoms with Crippen LogP contribution in [0.25, 0.3) is 0 Å². The van der Waals surface area contributed by atoms with Crippen LogP contribution >= 0.6 is 0 Å². The molecule has 1 saturated heterocycles. The lowest BCUT2D eigenvalue weighted by Gasteiger charge is -2.43. The highest BCUT2D eigenvalue weighted by Crippen LogP contribution is 2.35. The van der Waals surface area contributed by atoms with E-state index in [4.69, 9.17) is 0 Å². The van der Waals surface area contributed by atoms with E-state index in [0.29, 0.717) is 12.0 Å². The number of likely N-dealkylation sites (tertiary alicyclic amines) is 1. The van der Waals surface area contributed by atoms with Crippen LogP contribution in [0.5, 0.6) is 0 Å². The molecule has 2 heterocycles. The SMILES string of the molecule is CC[C@@H](C)C(=O)N[C@H](C(=O)N1Cc2ccccc2C[C@H]1C(=O)N(Cc1ccc(C(=O)N[C@H]2C[C@@H](C(=O)N[C@@H]3CCCc4ccccc43)N(C(=O)[C@@H](NC(=O)[C@H](C)NC)C(C)(C)C)C2)cc1)C(C)c1ccccc1F)C(C)(C)C. The van der Waals surface area contributed by atoms with Gasteiger partial charge >= 0.3 is 0 Å². The van der Waals surface area contributed by atoms with Crippen LogP contribution < -0.4 is 26.6 Å². The fourth-order valence-electron chi connectivity index (χ4n) is 10.9. The second-order valence-corrected chi connectivity index (χ2v) is 23.8. The van der Waals surface area contributed by atoms with Crippen molar-refractivity contribution in [2.45, 2.75) is 169 Å². The van der Waals surface area contributed by atoms with Gasteiger partial charge < -0.3 is 41.3 Å². The molecule has 2 aliphatic heterocycles. The van der Waals surface area contributed by atoms with Crippen molar-refractivity contribution >= 4 is 41.4 Å². The average Bonchev–Trinajstić information content (AvgIpc) is 3.91. The number of fused-ring (bicyclic) bond motifs is 2. The Morgan fingerprint density at radius 3 is 1.92 bits per heavy atom. The number of amides is 7. The number of rotatable bonds is 17.